The number of alkyl halides is 3. The fraction of sp³-hybridized carbons (Fsp3) is 0.318. The number of amides is 2. The molecule has 0 aliphatic carbocycles. The topological polar surface area (TPSA) is 67.2 Å². The van der Waals surface area contributed by atoms with Crippen molar-refractivity contribution in [2.45, 2.75) is 25.6 Å². The van der Waals surface area contributed by atoms with Crippen molar-refractivity contribution in [1.29, 1.82) is 0 Å². The van der Waals surface area contributed by atoms with E-state index in [2.05, 4.69) is 10.3 Å². The number of likely N-dealkylation sites (tertiary alicyclic amines) is 1. The van der Waals surface area contributed by atoms with E-state index in [0.29, 0.717) is 31.6 Å². The lowest BCUT2D eigenvalue weighted by Crippen LogP contribution is -2.43. The number of aromatic nitrogens is 2. The third-order valence-corrected chi connectivity index (χ3v) is 5.46. The first-order valence-electron chi connectivity index (χ1n) is 9.99. The molecule has 1 N–H and O–H groups in total. The summed E-state index contributed by atoms with van der Waals surface area (Å²) in [6, 6.07) is 15.3. The zero-order valence-corrected chi connectivity index (χ0v) is 16.6. The second-order valence-corrected chi connectivity index (χ2v) is 7.52. The maximum absolute atomic E-state index is 13.4. The summed E-state index contributed by atoms with van der Waals surface area (Å²) in [5.41, 5.74) is 1.16. The smallest absolute Gasteiger partial charge is 0.341 e. The van der Waals surface area contributed by atoms with Gasteiger partial charge in [0, 0.05) is 24.7 Å². The third kappa shape index (κ3) is 4.55. The Hall–Kier alpha value is -3.36. The van der Waals surface area contributed by atoms with Crippen molar-refractivity contribution in [2.75, 3.05) is 18.4 Å². The van der Waals surface area contributed by atoms with Gasteiger partial charge < -0.3 is 14.8 Å². The minimum Gasteiger partial charge on any atom is -0.341 e. The number of piperidine rings is 1. The van der Waals surface area contributed by atoms with Crippen LogP contribution in [-0.4, -0.2) is 39.4 Å². The highest BCUT2D eigenvalue weighted by Crippen LogP contribution is 2.31. The average Bonchev–Trinajstić information content (AvgIpc) is 3.13. The van der Waals surface area contributed by atoms with Gasteiger partial charge in [-0.25, -0.2) is 4.98 Å². The van der Waals surface area contributed by atoms with Crippen molar-refractivity contribution >= 4 is 28.5 Å². The molecule has 1 aliphatic heterocycles. The summed E-state index contributed by atoms with van der Waals surface area (Å²) in [6.45, 7) is 0.190. The molecule has 6 nitrogen and oxygen atoms in total. The quantitative estimate of drug-likeness (QED) is 0.682. The van der Waals surface area contributed by atoms with Gasteiger partial charge in [0.05, 0.1) is 11.0 Å². The van der Waals surface area contributed by atoms with Gasteiger partial charge in [-0.3, -0.25) is 9.59 Å². The Balaban J connectivity index is 1.41. The normalized spacial score (nSPS) is 15.3. The van der Waals surface area contributed by atoms with Gasteiger partial charge >= 0.3 is 6.18 Å². The SMILES string of the molecule is O=C(Nc1ccccc1)C1CCN(C(=O)Cn2c(C(F)(F)F)nc3ccccc32)CC1. The molecule has 2 heterocycles. The van der Waals surface area contributed by atoms with E-state index in [1.165, 1.54) is 17.0 Å². The molecule has 0 atom stereocenters. The largest absolute Gasteiger partial charge is 0.449 e. The lowest BCUT2D eigenvalue weighted by Gasteiger charge is -2.31. The van der Waals surface area contributed by atoms with Gasteiger partial charge in [-0.05, 0) is 37.1 Å². The van der Waals surface area contributed by atoms with Gasteiger partial charge in [0.1, 0.15) is 6.54 Å². The van der Waals surface area contributed by atoms with Crippen molar-refractivity contribution in [2.24, 2.45) is 5.92 Å². The lowest BCUT2D eigenvalue weighted by molar-refractivity contribution is -0.148. The zero-order valence-electron chi connectivity index (χ0n) is 16.6. The van der Waals surface area contributed by atoms with E-state index in [1.807, 2.05) is 18.2 Å². The number of carbonyl (C=O) groups excluding carboxylic acids is 2. The first kappa shape index (κ1) is 20.9. The summed E-state index contributed by atoms with van der Waals surface area (Å²) >= 11 is 0. The molecule has 9 heteroatoms. The van der Waals surface area contributed by atoms with Crippen LogP contribution in [0.5, 0.6) is 0 Å². The molecule has 2 aromatic carbocycles. The summed E-state index contributed by atoms with van der Waals surface area (Å²) in [4.78, 5) is 30.4. The minimum atomic E-state index is -4.66. The van der Waals surface area contributed by atoms with Gasteiger partial charge in [0.25, 0.3) is 0 Å². The molecular weight excluding hydrogens is 409 g/mol. The molecule has 1 saturated heterocycles. The number of carbonyl (C=O) groups is 2. The van der Waals surface area contributed by atoms with Gasteiger partial charge in [-0.2, -0.15) is 13.2 Å². The van der Waals surface area contributed by atoms with Crippen LogP contribution >= 0.6 is 0 Å². The number of anilines is 1. The fourth-order valence-electron chi connectivity index (χ4n) is 3.84. The molecule has 1 aromatic heterocycles. The van der Waals surface area contributed by atoms with E-state index in [4.69, 9.17) is 0 Å². The van der Waals surface area contributed by atoms with Crippen molar-refractivity contribution in [3.05, 3.63) is 60.4 Å². The second kappa shape index (κ2) is 8.41. The van der Waals surface area contributed by atoms with Crippen molar-refractivity contribution < 1.29 is 22.8 Å². The number of nitrogens with one attached hydrogen (secondary N) is 1. The van der Waals surface area contributed by atoms with Crippen LogP contribution in [-0.2, 0) is 22.3 Å². The first-order valence-corrected chi connectivity index (χ1v) is 9.99. The van der Waals surface area contributed by atoms with E-state index >= 15 is 0 Å². The highest BCUT2D eigenvalue weighted by molar-refractivity contribution is 5.92. The summed E-state index contributed by atoms with van der Waals surface area (Å²) in [5, 5.41) is 2.86. The van der Waals surface area contributed by atoms with Crippen LogP contribution in [0.25, 0.3) is 11.0 Å². The van der Waals surface area contributed by atoms with Crippen LogP contribution < -0.4 is 5.32 Å². The van der Waals surface area contributed by atoms with Gasteiger partial charge in [-0.15, -0.1) is 0 Å². The molecule has 1 aliphatic rings. The van der Waals surface area contributed by atoms with Gasteiger partial charge in [-0.1, -0.05) is 30.3 Å². The number of para-hydroxylation sites is 3. The molecule has 31 heavy (non-hydrogen) atoms. The number of hydrogen-bond donors (Lipinski definition) is 1. The summed E-state index contributed by atoms with van der Waals surface area (Å²) in [5.74, 6) is -1.86. The van der Waals surface area contributed by atoms with Crippen molar-refractivity contribution in [3.8, 4) is 0 Å². The molecule has 0 bridgehead atoms. The number of imidazole rings is 1. The summed E-state index contributed by atoms with van der Waals surface area (Å²) in [6.07, 6.45) is -3.75. The monoisotopic (exact) mass is 430 g/mol. The Morgan fingerprint density at radius 2 is 1.65 bits per heavy atom. The zero-order chi connectivity index (χ0) is 22.0. The average molecular weight is 430 g/mol. The van der Waals surface area contributed by atoms with Crippen molar-refractivity contribution in [1.82, 2.24) is 14.5 Å². The van der Waals surface area contributed by atoms with Gasteiger partial charge in [0.2, 0.25) is 17.6 Å². The first-order chi connectivity index (χ1) is 14.8. The molecule has 3 aromatic rings. The number of rotatable bonds is 4. The Bertz CT molecular complexity index is 1090. The standard InChI is InChI=1S/C22H21F3N4O2/c23-22(24,25)21-27-17-8-4-5-9-18(17)29(21)14-19(30)28-12-10-15(11-13-28)20(31)26-16-6-2-1-3-7-16/h1-9,15H,10-14H2,(H,26,31). The summed E-state index contributed by atoms with van der Waals surface area (Å²) < 4.78 is 41.3. The van der Waals surface area contributed by atoms with Crippen LogP contribution in [0.3, 0.4) is 0 Å². The maximum Gasteiger partial charge on any atom is 0.449 e. The van der Waals surface area contributed by atoms with Crippen LogP contribution in [0.15, 0.2) is 54.6 Å². The third-order valence-electron chi connectivity index (χ3n) is 5.46. The molecule has 162 valence electrons. The van der Waals surface area contributed by atoms with Crippen LogP contribution in [0, 0.1) is 5.92 Å². The summed E-state index contributed by atoms with van der Waals surface area (Å²) in [7, 11) is 0. The number of benzene rings is 2. The second-order valence-electron chi connectivity index (χ2n) is 7.52. The van der Waals surface area contributed by atoms with E-state index in [-0.39, 0.29) is 22.9 Å². The molecule has 1 fully saturated rings. The molecule has 4 rings (SSSR count). The van der Waals surface area contributed by atoms with Gasteiger partial charge in [0.15, 0.2) is 0 Å². The van der Waals surface area contributed by atoms with E-state index < -0.39 is 24.5 Å². The lowest BCUT2D eigenvalue weighted by atomic mass is 9.95. The molecule has 0 radical (unpaired) electrons. The highest BCUT2D eigenvalue weighted by Gasteiger charge is 2.38. The van der Waals surface area contributed by atoms with Crippen LogP contribution in [0.4, 0.5) is 18.9 Å². The number of nitrogens with zero attached hydrogens (tertiary/aromatic N) is 3. The maximum atomic E-state index is 13.4. The molecular formula is C22H21F3N4O2. The van der Waals surface area contributed by atoms with Crippen molar-refractivity contribution in [3.63, 3.8) is 0 Å². The molecule has 2 amide bonds. The Kier molecular flexibility index (Phi) is 5.67. The van der Waals surface area contributed by atoms with E-state index in [1.54, 1.807) is 24.3 Å². The Labute approximate surface area is 176 Å². The van der Waals surface area contributed by atoms with Crippen LogP contribution in [0.2, 0.25) is 0 Å². The highest BCUT2D eigenvalue weighted by atomic mass is 19.4. The number of hydrogen-bond acceptors (Lipinski definition) is 3. The predicted molar refractivity (Wildman–Crippen MR) is 109 cm³/mol. The molecule has 0 saturated carbocycles. The van der Waals surface area contributed by atoms with E-state index in [9.17, 15) is 22.8 Å². The number of halogens is 3. The Morgan fingerprint density at radius 3 is 2.32 bits per heavy atom. The number of fused-ring (bicyclic) bond motifs is 1. The Morgan fingerprint density at radius 1 is 1.00 bits per heavy atom. The molecule has 0 unspecified atom stereocenters. The molecule has 0 spiro atoms. The fourth-order valence-corrected chi connectivity index (χ4v) is 3.84. The van der Waals surface area contributed by atoms with E-state index in [0.717, 1.165) is 4.57 Å². The predicted octanol–water partition coefficient (Wildman–Crippen LogP) is 3.93. The minimum absolute atomic E-state index is 0.113. The van der Waals surface area contributed by atoms with Crippen LogP contribution in [0.1, 0.15) is 18.7 Å².